The zero-order valence-corrected chi connectivity index (χ0v) is 9.44. The Morgan fingerprint density at radius 2 is 1.62 bits per heavy atom. The third kappa shape index (κ3) is 2.40. The van der Waals surface area contributed by atoms with Crippen molar-refractivity contribution in [2.24, 2.45) is 0 Å². The van der Waals surface area contributed by atoms with Crippen LogP contribution in [0.5, 0.6) is 0 Å². The molecule has 0 radical (unpaired) electrons. The molecule has 2 N–H and O–H groups in total. The Bertz CT molecular complexity index is 289. The van der Waals surface area contributed by atoms with Gasteiger partial charge >= 0.3 is 9.28 Å². The molecule has 0 saturated carbocycles. The fourth-order valence-electron chi connectivity index (χ4n) is 1.41. The zero-order valence-electron chi connectivity index (χ0n) is 8.28. The fraction of sp³-hybridized carbons (Fsp3) is 0.400. The van der Waals surface area contributed by atoms with E-state index in [1.807, 2.05) is 18.2 Å². The Labute approximate surface area is 80.7 Å². The van der Waals surface area contributed by atoms with Gasteiger partial charge in [0.2, 0.25) is 0 Å². The van der Waals surface area contributed by atoms with Crippen molar-refractivity contribution in [3.63, 3.8) is 0 Å². The van der Waals surface area contributed by atoms with E-state index in [0.29, 0.717) is 0 Å². The molecule has 0 aromatic heterocycles. The summed E-state index contributed by atoms with van der Waals surface area (Å²) < 4.78 is 0. The van der Waals surface area contributed by atoms with Gasteiger partial charge in [0.25, 0.3) is 0 Å². The summed E-state index contributed by atoms with van der Waals surface area (Å²) in [5, 5.41) is 0.731. The van der Waals surface area contributed by atoms with Gasteiger partial charge in [-0.3, -0.25) is 0 Å². The van der Waals surface area contributed by atoms with Crippen LogP contribution in [0, 0.1) is 0 Å². The molecular weight excluding hydrogens is 180 g/mol. The molecule has 0 aliphatic heterocycles. The molecule has 0 aliphatic carbocycles. The average Bonchev–Trinajstić information content (AvgIpc) is 2.03. The Hall–Kier alpha value is -0.643. The SMILES string of the molecule is CC(C)(C)c1ccccc1[SiH](O)O. The van der Waals surface area contributed by atoms with Crippen molar-refractivity contribution in [2.75, 3.05) is 0 Å². The van der Waals surface area contributed by atoms with Crippen LogP contribution in [0.1, 0.15) is 26.3 Å². The van der Waals surface area contributed by atoms with Crippen LogP contribution in [0.25, 0.3) is 0 Å². The number of benzene rings is 1. The Balaban J connectivity index is 3.20. The van der Waals surface area contributed by atoms with E-state index < -0.39 is 9.28 Å². The van der Waals surface area contributed by atoms with Crippen molar-refractivity contribution < 1.29 is 9.59 Å². The van der Waals surface area contributed by atoms with Crippen LogP contribution in [-0.4, -0.2) is 18.9 Å². The van der Waals surface area contributed by atoms with E-state index >= 15 is 0 Å². The van der Waals surface area contributed by atoms with Gasteiger partial charge in [-0.25, -0.2) is 0 Å². The maximum Gasteiger partial charge on any atom is 0.350 e. The molecule has 0 saturated heterocycles. The van der Waals surface area contributed by atoms with Crippen molar-refractivity contribution in [3.8, 4) is 0 Å². The molecule has 0 unspecified atom stereocenters. The van der Waals surface area contributed by atoms with Crippen LogP contribution in [0.4, 0.5) is 0 Å². The second kappa shape index (κ2) is 3.62. The van der Waals surface area contributed by atoms with Gasteiger partial charge in [0.05, 0.1) is 0 Å². The third-order valence-electron chi connectivity index (χ3n) is 2.05. The molecule has 2 nitrogen and oxygen atoms in total. The zero-order chi connectivity index (χ0) is 10.1. The third-order valence-corrected chi connectivity index (χ3v) is 3.11. The highest BCUT2D eigenvalue weighted by Gasteiger charge is 2.21. The van der Waals surface area contributed by atoms with Crippen molar-refractivity contribution in [3.05, 3.63) is 29.8 Å². The second-order valence-electron chi connectivity index (χ2n) is 4.21. The monoisotopic (exact) mass is 196 g/mol. The molecule has 0 atom stereocenters. The van der Waals surface area contributed by atoms with Gasteiger partial charge in [-0.15, -0.1) is 0 Å². The molecular formula is C10H16O2Si. The largest absolute Gasteiger partial charge is 0.410 e. The van der Waals surface area contributed by atoms with Gasteiger partial charge in [-0.2, -0.15) is 0 Å². The first-order chi connectivity index (χ1) is 5.93. The highest BCUT2D eigenvalue weighted by Crippen LogP contribution is 2.19. The van der Waals surface area contributed by atoms with Gasteiger partial charge in [0.1, 0.15) is 0 Å². The molecule has 0 heterocycles. The summed E-state index contributed by atoms with van der Waals surface area (Å²) in [5.41, 5.74) is 1.02. The number of rotatable bonds is 1. The average molecular weight is 196 g/mol. The Morgan fingerprint density at radius 3 is 2.00 bits per heavy atom. The minimum absolute atomic E-state index is 0.0205. The summed E-state index contributed by atoms with van der Waals surface area (Å²) >= 11 is 0. The maximum absolute atomic E-state index is 9.26. The van der Waals surface area contributed by atoms with Crippen molar-refractivity contribution in [2.45, 2.75) is 26.2 Å². The van der Waals surface area contributed by atoms with Crippen molar-refractivity contribution in [1.29, 1.82) is 0 Å². The molecule has 0 bridgehead atoms. The molecule has 0 amide bonds. The van der Waals surface area contributed by atoms with Crippen LogP contribution in [-0.2, 0) is 5.41 Å². The lowest BCUT2D eigenvalue weighted by Gasteiger charge is -2.22. The molecule has 72 valence electrons. The topological polar surface area (TPSA) is 40.5 Å². The second-order valence-corrected chi connectivity index (χ2v) is 5.58. The lowest BCUT2D eigenvalue weighted by Crippen LogP contribution is -2.36. The molecule has 0 fully saturated rings. The first kappa shape index (κ1) is 10.4. The highest BCUT2D eigenvalue weighted by molar-refractivity contribution is 6.59. The van der Waals surface area contributed by atoms with Crippen LogP contribution in [0.2, 0.25) is 0 Å². The van der Waals surface area contributed by atoms with Crippen LogP contribution < -0.4 is 5.19 Å². The van der Waals surface area contributed by atoms with Gasteiger partial charge in [0.15, 0.2) is 0 Å². The molecule has 0 spiro atoms. The van der Waals surface area contributed by atoms with Crippen LogP contribution >= 0.6 is 0 Å². The number of hydrogen-bond donors (Lipinski definition) is 2. The molecule has 1 aromatic carbocycles. The van der Waals surface area contributed by atoms with Gasteiger partial charge in [-0.05, 0) is 16.2 Å². The molecule has 3 heteroatoms. The van der Waals surface area contributed by atoms with E-state index in [4.69, 9.17) is 0 Å². The summed E-state index contributed by atoms with van der Waals surface area (Å²) in [7, 11) is -2.67. The summed E-state index contributed by atoms with van der Waals surface area (Å²) in [5.74, 6) is 0. The van der Waals surface area contributed by atoms with E-state index in [9.17, 15) is 9.59 Å². The lowest BCUT2D eigenvalue weighted by molar-refractivity contribution is 0.424. The maximum atomic E-state index is 9.26. The number of hydrogen-bond acceptors (Lipinski definition) is 2. The van der Waals surface area contributed by atoms with E-state index in [-0.39, 0.29) is 5.41 Å². The molecule has 1 rings (SSSR count). The molecule has 13 heavy (non-hydrogen) atoms. The minimum atomic E-state index is -2.67. The van der Waals surface area contributed by atoms with Crippen LogP contribution in [0.3, 0.4) is 0 Å². The summed E-state index contributed by atoms with van der Waals surface area (Å²) in [6, 6.07) is 7.54. The smallest absolute Gasteiger partial charge is 0.350 e. The van der Waals surface area contributed by atoms with Crippen LogP contribution in [0.15, 0.2) is 24.3 Å². The normalized spacial score (nSPS) is 12.2. The van der Waals surface area contributed by atoms with Gasteiger partial charge < -0.3 is 9.59 Å². The first-order valence-corrected chi connectivity index (χ1v) is 5.99. The van der Waals surface area contributed by atoms with E-state index in [2.05, 4.69) is 20.8 Å². The Morgan fingerprint density at radius 1 is 1.08 bits per heavy atom. The standard InChI is InChI=1S/C10H16O2Si/c1-10(2,3)8-6-4-5-7-9(8)13(11)12/h4-7,11-13H,1-3H3. The Kier molecular flexibility index (Phi) is 2.90. The minimum Gasteiger partial charge on any atom is -0.410 e. The predicted molar refractivity (Wildman–Crippen MR) is 56.4 cm³/mol. The van der Waals surface area contributed by atoms with Crippen molar-refractivity contribution in [1.82, 2.24) is 0 Å². The highest BCUT2D eigenvalue weighted by atomic mass is 28.3. The van der Waals surface area contributed by atoms with E-state index in [1.165, 1.54) is 0 Å². The fourth-order valence-corrected chi connectivity index (χ4v) is 2.50. The molecule has 1 aromatic rings. The predicted octanol–water partition coefficient (Wildman–Crippen LogP) is 0.396. The first-order valence-electron chi connectivity index (χ1n) is 4.38. The van der Waals surface area contributed by atoms with E-state index in [0.717, 1.165) is 10.8 Å². The summed E-state index contributed by atoms with van der Waals surface area (Å²) in [6.45, 7) is 6.22. The molecule has 0 aliphatic rings. The van der Waals surface area contributed by atoms with E-state index in [1.54, 1.807) is 6.07 Å². The summed E-state index contributed by atoms with van der Waals surface area (Å²) in [6.07, 6.45) is 0. The van der Waals surface area contributed by atoms with Gasteiger partial charge in [0, 0.05) is 0 Å². The van der Waals surface area contributed by atoms with Crippen molar-refractivity contribution >= 4 is 14.5 Å². The summed E-state index contributed by atoms with van der Waals surface area (Å²) in [4.78, 5) is 18.5. The lowest BCUT2D eigenvalue weighted by atomic mass is 9.87. The van der Waals surface area contributed by atoms with Gasteiger partial charge in [-0.1, -0.05) is 45.0 Å². The quantitative estimate of drug-likeness (QED) is 0.638.